The van der Waals surface area contributed by atoms with E-state index in [0.717, 1.165) is 89.7 Å². The minimum Gasteiger partial charge on any atom is -0.368 e. The van der Waals surface area contributed by atoms with Gasteiger partial charge in [0.2, 0.25) is 5.91 Å². The number of guanidine groups is 1. The molecule has 0 aromatic heterocycles. The molecule has 1 aromatic carbocycles. The van der Waals surface area contributed by atoms with Crippen molar-refractivity contribution >= 4 is 17.6 Å². The van der Waals surface area contributed by atoms with Gasteiger partial charge in [0.15, 0.2) is 5.96 Å². The van der Waals surface area contributed by atoms with Gasteiger partial charge in [-0.05, 0) is 50.5 Å². The number of halogens is 1. The summed E-state index contributed by atoms with van der Waals surface area (Å²) in [7, 11) is 0. The number of rotatable bonds is 6. The molecule has 29 heavy (non-hydrogen) atoms. The SMILES string of the molecule is CCNC(=NCCCN1CCCCCC1=O)N1CCN(c2ccc(F)cc2)CC1. The van der Waals surface area contributed by atoms with Gasteiger partial charge in [-0.1, -0.05) is 6.42 Å². The Bertz CT molecular complexity index is 670. The van der Waals surface area contributed by atoms with E-state index < -0.39 is 0 Å². The molecular weight excluding hydrogens is 369 g/mol. The fourth-order valence-corrected chi connectivity index (χ4v) is 3.98. The minimum atomic E-state index is -0.198. The minimum absolute atomic E-state index is 0.198. The molecule has 2 aliphatic rings. The fourth-order valence-electron chi connectivity index (χ4n) is 3.98. The van der Waals surface area contributed by atoms with Crippen molar-refractivity contribution in [3.63, 3.8) is 0 Å². The van der Waals surface area contributed by atoms with Crippen LogP contribution in [0.15, 0.2) is 29.3 Å². The molecule has 0 saturated carbocycles. The number of anilines is 1. The predicted octanol–water partition coefficient (Wildman–Crippen LogP) is 2.71. The van der Waals surface area contributed by atoms with Crippen molar-refractivity contribution in [2.45, 2.75) is 39.0 Å². The summed E-state index contributed by atoms with van der Waals surface area (Å²) in [5.74, 6) is 1.06. The van der Waals surface area contributed by atoms with Crippen LogP contribution in [0.3, 0.4) is 0 Å². The number of carbonyl (C=O) groups is 1. The molecule has 1 N–H and O–H groups in total. The Hall–Kier alpha value is -2.31. The zero-order valence-corrected chi connectivity index (χ0v) is 17.6. The summed E-state index contributed by atoms with van der Waals surface area (Å²) in [4.78, 5) is 23.5. The molecule has 2 aliphatic heterocycles. The van der Waals surface area contributed by atoms with Crippen molar-refractivity contribution in [2.75, 3.05) is 57.3 Å². The third-order valence-electron chi connectivity index (χ3n) is 5.62. The maximum atomic E-state index is 13.1. The van der Waals surface area contributed by atoms with Crippen LogP contribution in [0, 0.1) is 5.82 Å². The molecular formula is C22H34FN5O. The zero-order valence-electron chi connectivity index (χ0n) is 17.6. The second kappa shape index (κ2) is 11.0. The van der Waals surface area contributed by atoms with E-state index in [9.17, 15) is 9.18 Å². The molecule has 2 heterocycles. The number of carbonyl (C=O) groups excluding carboxylic acids is 1. The monoisotopic (exact) mass is 403 g/mol. The number of likely N-dealkylation sites (tertiary alicyclic amines) is 1. The summed E-state index contributed by atoms with van der Waals surface area (Å²) < 4.78 is 13.1. The first-order chi connectivity index (χ1) is 14.2. The Morgan fingerprint density at radius 3 is 2.55 bits per heavy atom. The number of hydrogen-bond donors (Lipinski definition) is 1. The van der Waals surface area contributed by atoms with Gasteiger partial charge in [0, 0.05) is 64.5 Å². The molecule has 3 rings (SSSR count). The van der Waals surface area contributed by atoms with Gasteiger partial charge in [-0.3, -0.25) is 9.79 Å². The van der Waals surface area contributed by atoms with Crippen molar-refractivity contribution in [1.29, 1.82) is 0 Å². The molecule has 2 fully saturated rings. The van der Waals surface area contributed by atoms with Crippen molar-refractivity contribution < 1.29 is 9.18 Å². The Labute approximate surface area is 173 Å². The lowest BCUT2D eigenvalue weighted by molar-refractivity contribution is -0.130. The molecule has 7 heteroatoms. The molecule has 0 aliphatic carbocycles. The van der Waals surface area contributed by atoms with Crippen LogP contribution < -0.4 is 10.2 Å². The van der Waals surface area contributed by atoms with E-state index in [1.165, 1.54) is 12.1 Å². The second-order valence-electron chi connectivity index (χ2n) is 7.73. The number of piperazine rings is 1. The highest BCUT2D eigenvalue weighted by atomic mass is 19.1. The molecule has 0 atom stereocenters. The van der Waals surface area contributed by atoms with Crippen LogP contribution in [-0.2, 0) is 4.79 Å². The summed E-state index contributed by atoms with van der Waals surface area (Å²) in [6.07, 6.45) is 4.91. The summed E-state index contributed by atoms with van der Waals surface area (Å²) in [5.41, 5.74) is 1.06. The molecule has 2 saturated heterocycles. The van der Waals surface area contributed by atoms with Gasteiger partial charge in [-0.25, -0.2) is 4.39 Å². The first-order valence-electron chi connectivity index (χ1n) is 11.0. The molecule has 0 bridgehead atoms. The van der Waals surface area contributed by atoms with Gasteiger partial charge in [0.1, 0.15) is 5.82 Å². The lowest BCUT2D eigenvalue weighted by atomic mass is 10.2. The predicted molar refractivity (Wildman–Crippen MR) is 116 cm³/mol. The highest BCUT2D eigenvalue weighted by Crippen LogP contribution is 2.17. The number of benzene rings is 1. The third kappa shape index (κ3) is 6.34. The van der Waals surface area contributed by atoms with E-state index in [4.69, 9.17) is 4.99 Å². The smallest absolute Gasteiger partial charge is 0.222 e. The van der Waals surface area contributed by atoms with Crippen LogP contribution in [0.5, 0.6) is 0 Å². The molecule has 160 valence electrons. The first-order valence-corrected chi connectivity index (χ1v) is 11.0. The zero-order chi connectivity index (χ0) is 20.5. The van der Waals surface area contributed by atoms with Crippen molar-refractivity contribution in [3.8, 4) is 0 Å². The molecule has 0 radical (unpaired) electrons. The van der Waals surface area contributed by atoms with Crippen LogP contribution in [0.4, 0.5) is 10.1 Å². The highest BCUT2D eigenvalue weighted by molar-refractivity contribution is 5.80. The van der Waals surface area contributed by atoms with Crippen molar-refractivity contribution in [1.82, 2.24) is 15.1 Å². The molecule has 0 spiro atoms. The standard InChI is InChI=1S/C22H34FN5O/c1-2-24-22(25-12-6-14-27-13-5-3-4-7-21(27)29)28-17-15-26(16-18-28)20-10-8-19(23)9-11-20/h8-11H,2-7,12-18H2,1H3,(H,24,25). The van der Waals surface area contributed by atoms with E-state index in [1.807, 2.05) is 17.0 Å². The number of nitrogens with zero attached hydrogens (tertiary/aromatic N) is 4. The topological polar surface area (TPSA) is 51.2 Å². The van der Waals surface area contributed by atoms with Crippen LogP contribution >= 0.6 is 0 Å². The Morgan fingerprint density at radius 1 is 1.07 bits per heavy atom. The molecule has 6 nitrogen and oxygen atoms in total. The second-order valence-corrected chi connectivity index (χ2v) is 7.73. The van der Waals surface area contributed by atoms with E-state index >= 15 is 0 Å². The van der Waals surface area contributed by atoms with Crippen LogP contribution in [0.25, 0.3) is 0 Å². The number of amides is 1. The quantitative estimate of drug-likeness (QED) is 0.451. The third-order valence-corrected chi connectivity index (χ3v) is 5.62. The van der Waals surface area contributed by atoms with Crippen LogP contribution in [-0.4, -0.2) is 74.0 Å². The van der Waals surface area contributed by atoms with Gasteiger partial charge in [0.05, 0.1) is 0 Å². The Kier molecular flexibility index (Phi) is 8.14. The largest absolute Gasteiger partial charge is 0.368 e. The number of hydrogen-bond acceptors (Lipinski definition) is 3. The van der Waals surface area contributed by atoms with Crippen LogP contribution in [0.1, 0.15) is 39.0 Å². The van der Waals surface area contributed by atoms with Gasteiger partial charge < -0.3 is 20.0 Å². The number of aliphatic imine (C=N–C) groups is 1. The molecule has 0 unspecified atom stereocenters. The van der Waals surface area contributed by atoms with Crippen molar-refractivity contribution in [3.05, 3.63) is 30.1 Å². The lowest BCUT2D eigenvalue weighted by Gasteiger charge is -2.37. The van der Waals surface area contributed by atoms with Gasteiger partial charge >= 0.3 is 0 Å². The fraction of sp³-hybridized carbons (Fsp3) is 0.636. The summed E-state index contributed by atoms with van der Waals surface area (Å²) in [5, 5.41) is 3.40. The van der Waals surface area contributed by atoms with E-state index in [0.29, 0.717) is 12.3 Å². The maximum Gasteiger partial charge on any atom is 0.222 e. The van der Waals surface area contributed by atoms with Crippen molar-refractivity contribution in [2.24, 2.45) is 4.99 Å². The highest BCUT2D eigenvalue weighted by Gasteiger charge is 2.20. The normalized spacial score (nSPS) is 18.8. The first kappa shape index (κ1) is 21.4. The average molecular weight is 404 g/mol. The summed E-state index contributed by atoms with van der Waals surface area (Å²) >= 11 is 0. The molecule has 1 aromatic rings. The van der Waals surface area contributed by atoms with E-state index in [2.05, 4.69) is 22.0 Å². The lowest BCUT2D eigenvalue weighted by Crippen LogP contribution is -2.52. The summed E-state index contributed by atoms with van der Waals surface area (Å²) in [6.45, 7) is 8.89. The maximum absolute atomic E-state index is 13.1. The van der Waals surface area contributed by atoms with Gasteiger partial charge in [0.25, 0.3) is 0 Å². The average Bonchev–Trinajstić information content (AvgIpc) is 2.95. The van der Waals surface area contributed by atoms with E-state index in [-0.39, 0.29) is 5.82 Å². The van der Waals surface area contributed by atoms with Gasteiger partial charge in [-0.15, -0.1) is 0 Å². The molecule has 1 amide bonds. The van der Waals surface area contributed by atoms with E-state index in [1.54, 1.807) is 0 Å². The Balaban J connectivity index is 1.47. The number of nitrogens with one attached hydrogen (secondary N) is 1. The summed E-state index contributed by atoms with van der Waals surface area (Å²) in [6, 6.07) is 6.72. The Morgan fingerprint density at radius 2 is 1.83 bits per heavy atom. The van der Waals surface area contributed by atoms with Crippen LogP contribution in [0.2, 0.25) is 0 Å². The van der Waals surface area contributed by atoms with Gasteiger partial charge in [-0.2, -0.15) is 0 Å².